The molecule has 0 fully saturated rings. The summed E-state index contributed by atoms with van der Waals surface area (Å²) in [6, 6.07) is 46.1. The first-order valence-corrected chi connectivity index (χ1v) is 14.9. The SMILES string of the molecule is CC1C=CC(N(c2ccccc2)c2ccc3c(c2)C(C)(C)c2cc(N(c4ccccc4)c4ccccc4)ccc2-3)=CC1. The largest absolute Gasteiger partial charge is 0.311 e. The molecule has 0 heterocycles. The molecule has 1 atom stereocenters. The van der Waals surface area contributed by atoms with E-state index in [0.717, 1.165) is 17.8 Å². The molecule has 206 valence electrons. The van der Waals surface area contributed by atoms with Gasteiger partial charge in [0.2, 0.25) is 0 Å². The van der Waals surface area contributed by atoms with E-state index >= 15 is 0 Å². The Morgan fingerprint density at radius 1 is 0.548 bits per heavy atom. The van der Waals surface area contributed by atoms with Crippen LogP contribution in [0.3, 0.4) is 0 Å². The Labute approximate surface area is 249 Å². The van der Waals surface area contributed by atoms with Gasteiger partial charge in [0.1, 0.15) is 0 Å². The van der Waals surface area contributed by atoms with Crippen LogP contribution in [-0.4, -0.2) is 0 Å². The molecular weight excluding hydrogens is 508 g/mol. The lowest BCUT2D eigenvalue weighted by Crippen LogP contribution is -2.19. The fourth-order valence-electron chi connectivity index (χ4n) is 6.50. The van der Waals surface area contributed by atoms with Crippen LogP contribution in [0.1, 0.15) is 38.3 Å². The van der Waals surface area contributed by atoms with Crippen molar-refractivity contribution in [1.29, 1.82) is 0 Å². The molecule has 0 radical (unpaired) electrons. The second-order valence-electron chi connectivity index (χ2n) is 12.0. The van der Waals surface area contributed by atoms with Crippen molar-refractivity contribution in [3.05, 3.63) is 162 Å². The highest BCUT2D eigenvalue weighted by atomic mass is 15.2. The molecule has 2 aliphatic rings. The first-order chi connectivity index (χ1) is 20.5. The Hall–Kier alpha value is -4.82. The summed E-state index contributed by atoms with van der Waals surface area (Å²) in [5.41, 5.74) is 12.3. The second kappa shape index (κ2) is 10.5. The van der Waals surface area contributed by atoms with E-state index in [1.165, 1.54) is 45.0 Å². The van der Waals surface area contributed by atoms with E-state index in [1.807, 2.05) is 0 Å². The zero-order chi connectivity index (χ0) is 28.7. The van der Waals surface area contributed by atoms with Crippen LogP contribution in [0.2, 0.25) is 0 Å². The van der Waals surface area contributed by atoms with E-state index in [9.17, 15) is 0 Å². The Morgan fingerprint density at radius 3 is 1.45 bits per heavy atom. The zero-order valence-corrected chi connectivity index (χ0v) is 24.5. The molecule has 0 amide bonds. The number of hydrogen-bond acceptors (Lipinski definition) is 2. The van der Waals surface area contributed by atoms with E-state index in [0.29, 0.717) is 5.92 Å². The topological polar surface area (TPSA) is 6.48 Å². The van der Waals surface area contributed by atoms with Crippen molar-refractivity contribution in [3.8, 4) is 11.1 Å². The quantitative estimate of drug-likeness (QED) is 0.210. The van der Waals surface area contributed by atoms with Gasteiger partial charge in [-0.25, -0.2) is 0 Å². The van der Waals surface area contributed by atoms with E-state index < -0.39 is 0 Å². The number of fused-ring (bicyclic) bond motifs is 3. The summed E-state index contributed by atoms with van der Waals surface area (Å²) >= 11 is 0. The van der Waals surface area contributed by atoms with Crippen molar-refractivity contribution < 1.29 is 0 Å². The van der Waals surface area contributed by atoms with Crippen LogP contribution in [-0.2, 0) is 5.41 Å². The van der Waals surface area contributed by atoms with Gasteiger partial charge < -0.3 is 9.80 Å². The van der Waals surface area contributed by atoms with Gasteiger partial charge in [-0.1, -0.05) is 99.7 Å². The van der Waals surface area contributed by atoms with Gasteiger partial charge in [0.25, 0.3) is 0 Å². The lowest BCUT2D eigenvalue weighted by Gasteiger charge is -2.30. The molecule has 0 N–H and O–H groups in total. The first kappa shape index (κ1) is 26.1. The van der Waals surface area contributed by atoms with E-state index in [2.05, 4.69) is 176 Å². The molecule has 1 unspecified atom stereocenters. The lowest BCUT2D eigenvalue weighted by molar-refractivity contribution is 0.660. The summed E-state index contributed by atoms with van der Waals surface area (Å²) in [4.78, 5) is 4.75. The number of allylic oxidation sites excluding steroid dienone is 3. The van der Waals surface area contributed by atoms with Crippen LogP contribution < -0.4 is 9.80 Å². The Bertz CT molecular complexity index is 1740. The molecule has 0 aromatic heterocycles. The molecule has 2 aliphatic carbocycles. The molecule has 0 saturated carbocycles. The Morgan fingerprint density at radius 2 is 1.00 bits per heavy atom. The van der Waals surface area contributed by atoms with Gasteiger partial charge in [-0.05, 0) is 101 Å². The maximum Gasteiger partial charge on any atom is 0.0465 e. The molecular formula is C40H36N2. The molecule has 7 rings (SSSR count). The predicted octanol–water partition coefficient (Wildman–Crippen LogP) is 11.1. The third-order valence-corrected chi connectivity index (χ3v) is 8.76. The van der Waals surface area contributed by atoms with Crippen LogP contribution in [0.25, 0.3) is 11.1 Å². The third-order valence-electron chi connectivity index (χ3n) is 8.76. The molecule has 0 aliphatic heterocycles. The molecule has 42 heavy (non-hydrogen) atoms. The van der Waals surface area contributed by atoms with Gasteiger partial charge in [-0.2, -0.15) is 0 Å². The minimum atomic E-state index is -0.149. The summed E-state index contributed by atoms with van der Waals surface area (Å²) in [5, 5.41) is 0. The average molecular weight is 545 g/mol. The normalized spacial score (nSPS) is 16.4. The minimum Gasteiger partial charge on any atom is -0.311 e. The number of nitrogens with zero attached hydrogens (tertiary/aromatic N) is 2. The van der Waals surface area contributed by atoms with Gasteiger partial charge in [0.15, 0.2) is 0 Å². The van der Waals surface area contributed by atoms with E-state index in [4.69, 9.17) is 0 Å². The molecule has 5 aromatic carbocycles. The van der Waals surface area contributed by atoms with Crippen LogP contribution in [0.5, 0.6) is 0 Å². The lowest BCUT2D eigenvalue weighted by atomic mass is 9.82. The van der Waals surface area contributed by atoms with Gasteiger partial charge in [0.05, 0.1) is 0 Å². The predicted molar refractivity (Wildman–Crippen MR) is 178 cm³/mol. The molecule has 0 saturated heterocycles. The van der Waals surface area contributed by atoms with Crippen molar-refractivity contribution in [3.63, 3.8) is 0 Å². The summed E-state index contributed by atoms with van der Waals surface area (Å²) < 4.78 is 0. The summed E-state index contributed by atoms with van der Waals surface area (Å²) in [7, 11) is 0. The van der Waals surface area contributed by atoms with E-state index in [-0.39, 0.29) is 5.41 Å². The first-order valence-electron chi connectivity index (χ1n) is 14.9. The van der Waals surface area contributed by atoms with Crippen molar-refractivity contribution in [1.82, 2.24) is 0 Å². The average Bonchev–Trinajstić information content (AvgIpc) is 3.25. The molecule has 2 nitrogen and oxygen atoms in total. The smallest absolute Gasteiger partial charge is 0.0465 e. The summed E-state index contributed by atoms with van der Waals surface area (Å²) in [6.45, 7) is 7.01. The highest BCUT2D eigenvalue weighted by molar-refractivity contribution is 5.87. The van der Waals surface area contributed by atoms with Crippen LogP contribution in [0.4, 0.5) is 28.4 Å². The number of anilines is 5. The fraction of sp³-hybridized carbons (Fsp3) is 0.150. The van der Waals surface area contributed by atoms with Gasteiger partial charge in [0, 0.05) is 39.5 Å². The van der Waals surface area contributed by atoms with Crippen LogP contribution in [0.15, 0.2) is 151 Å². The maximum absolute atomic E-state index is 2.42. The Balaban J connectivity index is 1.32. The van der Waals surface area contributed by atoms with Gasteiger partial charge in [-0.3, -0.25) is 0 Å². The van der Waals surface area contributed by atoms with Crippen LogP contribution in [0, 0.1) is 5.92 Å². The van der Waals surface area contributed by atoms with Gasteiger partial charge in [-0.15, -0.1) is 0 Å². The standard InChI is InChI=1S/C40H36N2/c1-29-19-21-33(22-20-29)42(32-17-11-6-12-18-32)35-24-26-37-36-25-23-34(27-38(36)40(2,3)39(37)28-35)41(30-13-7-4-8-14-30)31-15-9-5-10-16-31/h4-19,21-29H,20H2,1-3H3. The summed E-state index contributed by atoms with van der Waals surface area (Å²) in [6.07, 6.45) is 8.03. The van der Waals surface area contributed by atoms with E-state index in [1.54, 1.807) is 0 Å². The molecule has 2 heteroatoms. The molecule has 0 bridgehead atoms. The zero-order valence-electron chi connectivity index (χ0n) is 24.5. The number of para-hydroxylation sites is 3. The maximum atomic E-state index is 2.42. The molecule has 5 aromatic rings. The third kappa shape index (κ3) is 4.54. The van der Waals surface area contributed by atoms with Crippen LogP contribution >= 0.6 is 0 Å². The van der Waals surface area contributed by atoms with Crippen molar-refractivity contribution >= 4 is 28.4 Å². The monoisotopic (exact) mass is 544 g/mol. The highest BCUT2D eigenvalue weighted by Crippen LogP contribution is 2.52. The fourth-order valence-corrected chi connectivity index (χ4v) is 6.50. The molecule has 0 spiro atoms. The van der Waals surface area contributed by atoms with Crippen molar-refractivity contribution in [2.45, 2.75) is 32.6 Å². The number of hydrogen-bond donors (Lipinski definition) is 0. The minimum absolute atomic E-state index is 0.149. The van der Waals surface area contributed by atoms with Crippen molar-refractivity contribution in [2.24, 2.45) is 5.92 Å². The second-order valence-corrected chi connectivity index (χ2v) is 12.0. The summed E-state index contributed by atoms with van der Waals surface area (Å²) in [5.74, 6) is 0.570. The van der Waals surface area contributed by atoms with Gasteiger partial charge >= 0.3 is 0 Å². The van der Waals surface area contributed by atoms with Crippen molar-refractivity contribution in [2.75, 3.05) is 9.80 Å². The Kier molecular flexibility index (Phi) is 6.55. The number of rotatable bonds is 6. The number of benzene rings is 5. The highest BCUT2D eigenvalue weighted by Gasteiger charge is 2.37.